The summed E-state index contributed by atoms with van der Waals surface area (Å²) in [5.41, 5.74) is -0.0609. The lowest BCUT2D eigenvalue weighted by Crippen LogP contribution is -2.40. The van der Waals surface area contributed by atoms with Crippen LogP contribution in [-0.2, 0) is 4.79 Å². The summed E-state index contributed by atoms with van der Waals surface area (Å²) in [4.78, 5) is 27.6. The molecule has 0 aromatic heterocycles. The standard InChI is InChI=1S/C14H17FN2O2S/c1-16(9-13(18)17-6-2-3-7-17)14(19)11-8-10(20)4-5-12(11)15/h4-5,8,20H,2-3,6-7,9H2,1H3. The van der Waals surface area contributed by atoms with Gasteiger partial charge in [-0.3, -0.25) is 9.59 Å². The van der Waals surface area contributed by atoms with Crippen molar-refractivity contribution in [3.63, 3.8) is 0 Å². The fourth-order valence-electron chi connectivity index (χ4n) is 2.22. The second-order valence-corrected chi connectivity index (χ2v) is 5.43. The number of rotatable bonds is 3. The number of carbonyl (C=O) groups is 2. The van der Waals surface area contributed by atoms with Crippen LogP contribution in [0, 0.1) is 5.82 Å². The molecule has 2 amide bonds. The van der Waals surface area contributed by atoms with Crippen molar-refractivity contribution in [1.29, 1.82) is 0 Å². The summed E-state index contributed by atoms with van der Waals surface area (Å²) in [5.74, 6) is -1.21. The maximum absolute atomic E-state index is 13.6. The van der Waals surface area contributed by atoms with E-state index >= 15 is 0 Å². The number of hydrogen-bond acceptors (Lipinski definition) is 3. The van der Waals surface area contributed by atoms with Crippen molar-refractivity contribution in [3.8, 4) is 0 Å². The Bertz CT molecular complexity index is 530. The molecule has 0 aliphatic carbocycles. The van der Waals surface area contributed by atoms with E-state index in [4.69, 9.17) is 0 Å². The smallest absolute Gasteiger partial charge is 0.257 e. The van der Waals surface area contributed by atoms with Crippen molar-refractivity contribution >= 4 is 24.4 Å². The summed E-state index contributed by atoms with van der Waals surface area (Å²) >= 11 is 4.09. The zero-order valence-corrected chi connectivity index (χ0v) is 12.2. The van der Waals surface area contributed by atoms with Crippen LogP contribution in [0.2, 0.25) is 0 Å². The molecule has 1 saturated heterocycles. The number of benzene rings is 1. The highest BCUT2D eigenvalue weighted by molar-refractivity contribution is 7.80. The van der Waals surface area contributed by atoms with Crippen molar-refractivity contribution < 1.29 is 14.0 Å². The molecule has 0 saturated carbocycles. The van der Waals surface area contributed by atoms with Gasteiger partial charge in [0.05, 0.1) is 12.1 Å². The topological polar surface area (TPSA) is 40.6 Å². The molecule has 20 heavy (non-hydrogen) atoms. The molecule has 1 aromatic rings. The lowest BCUT2D eigenvalue weighted by Gasteiger charge is -2.21. The predicted molar refractivity (Wildman–Crippen MR) is 76.4 cm³/mol. The number of hydrogen-bond donors (Lipinski definition) is 1. The molecule has 0 radical (unpaired) electrons. The third-order valence-electron chi connectivity index (χ3n) is 3.36. The summed E-state index contributed by atoms with van der Waals surface area (Å²) < 4.78 is 13.6. The normalized spacial score (nSPS) is 14.4. The van der Waals surface area contributed by atoms with E-state index < -0.39 is 11.7 Å². The van der Waals surface area contributed by atoms with Crippen LogP contribution in [0.4, 0.5) is 4.39 Å². The Morgan fingerprint density at radius 3 is 2.65 bits per heavy atom. The Kier molecular flexibility index (Phi) is 4.65. The first-order valence-corrected chi connectivity index (χ1v) is 6.95. The average Bonchev–Trinajstić information content (AvgIpc) is 2.94. The molecule has 108 valence electrons. The first kappa shape index (κ1) is 14.8. The number of carbonyl (C=O) groups excluding carboxylic acids is 2. The third kappa shape index (κ3) is 3.30. The van der Waals surface area contributed by atoms with Gasteiger partial charge < -0.3 is 9.80 Å². The Labute approximate surface area is 123 Å². The third-order valence-corrected chi connectivity index (χ3v) is 3.64. The van der Waals surface area contributed by atoms with E-state index in [0.717, 1.165) is 25.9 Å². The molecule has 1 aliphatic heterocycles. The van der Waals surface area contributed by atoms with Gasteiger partial charge in [-0.15, -0.1) is 12.6 Å². The summed E-state index contributed by atoms with van der Waals surface area (Å²) in [7, 11) is 1.50. The lowest BCUT2D eigenvalue weighted by molar-refractivity contribution is -0.130. The van der Waals surface area contributed by atoms with Crippen molar-refractivity contribution in [2.24, 2.45) is 0 Å². The Morgan fingerprint density at radius 2 is 2.00 bits per heavy atom. The van der Waals surface area contributed by atoms with Gasteiger partial charge in [-0.1, -0.05) is 0 Å². The number of thiol groups is 1. The molecule has 4 nitrogen and oxygen atoms in total. The first-order chi connectivity index (χ1) is 9.49. The number of halogens is 1. The maximum Gasteiger partial charge on any atom is 0.257 e. The van der Waals surface area contributed by atoms with Crippen LogP contribution in [0.5, 0.6) is 0 Å². The quantitative estimate of drug-likeness (QED) is 0.864. The summed E-state index contributed by atoms with van der Waals surface area (Å²) in [6.07, 6.45) is 2.00. The van der Waals surface area contributed by atoms with Crippen molar-refractivity contribution in [1.82, 2.24) is 9.80 Å². The number of likely N-dealkylation sites (tertiary alicyclic amines) is 1. The van der Waals surface area contributed by atoms with Crippen LogP contribution in [0.15, 0.2) is 23.1 Å². The molecule has 0 spiro atoms. The lowest BCUT2D eigenvalue weighted by atomic mass is 10.2. The van der Waals surface area contributed by atoms with Gasteiger partial charge in [0.25, 0.3) is 5.91 Å². The van der Waals surface area contributed by atoms with Gasteiger partial charge in [0, 0.05) is 25.0 Å². The summed E-state index contributed by atoms with van der Waals surface area (Å²) in [5, 5.41) is 0. The highest BCUT2D eigenvalue weighted by atomic mass is 32.1. The van der Waals surface area contributed by atoms with E-state index in [9.17, 15) is 14.0 Å². The minimum Gasteiger partial charge on any atom is -0.341 e. The van der Waals surface area contributed by atoms with Crippen LogP contribution < -0.4 is 0 Å². The molecule has 0 N–H and O–H groups in total. The van der Waals surface area contributed by atoms with Crippen molar-refractivity contribution in [2.45, 2.75) is 17.7 Å². The van der Waals surface area contributed by atoms with E-state index in [-0.39, 0.29) is 18.0 Å². The fraction of sp³-hybridized carbons (Fsp3) is 0.429. The molecule has 1 aromatic carbocycles. The van der Waals surface area contributed by atoms with E-state index in [1.165, 1.54) is 30.1 Å². The molecule has 1 aliphatic rings. The van der Waals surface area contributed by atoms with Gasteiger partial charge in [-0.2, -0.15) is 0 Å². The molecular formula is C14H17FN2O2S. The molecule has 0 unspecified atom stereocenters. The van der Waals surface area contributed by atoms with Crippen LogP contribution >= 0.6 is 12.6 Å². The molecule has 0 bridgehead atoms. The molecular weight excluding hydrogens is 279 g/mol. The van der Waals surface area contributed by atoms with E-state index in [2.05, 4.69) is 12.6 Å². The van der Waals surface area contributed by atoms with Crippen molar-refractivity contribution in [2.75, 3.05) is 26.7 Å². The van der Waals surface area contributed by atoms with Crippen LogP contribution in [0.3, 0.4) is 0 Å². The SMILES string of the molecule is CN(CC(=O)N1CCCC1)C(=O)c1cc(S)ccc1F. The minimum atomic E-state index is -0.603. The van der Waals surface area contributed by atoms with Gasteiger partial charge >= 0.3 is 0 Å². The van der Waals surface area contributed by atoms with Crippen LogP contribution in [0.1, 0.15) is 23.2 Å². The zero-order valence-electron chi connectivity index (χ0n) is 11.3. The number of likely N-dealkylation sites (N-methyl/N-ethyl adjacent to an activating group) is 1. The Hall–Kier alpha value is -1.56. The first-order valence-electron chi connectivity index (χ1n) is 6.51. The molecule has 1 heterocycles. The Balaban J connectivity index is 2.04. The highest BCUT2D eigenvalue weighted by Gasteiger charge is 2.23. The van der Waals surface area contributed by atoms with Gasteiger partial charge in [0.15, 0.2) is 0 Å². The minimum absolute atomic E-state index is 0.0327. The predicted octanol–water partition coefficient (Wildman–Crippen LogP) is 1.81. The zero-order chi connectivity index (χ0) is 14.7. The second-order valence-electron chi connectivity index (χ2n) is 4.91. The van der Waals surface area contributed by atoms with E-state index in [1.807, 2.05) is 0 Å². The van der Waals surface area contributed by atoms with Gasteiger partial charge in [0.1, 0.15) is 5.82 Å². The van der Waals surface area contributed by atoms with Gasteiger partial charge in [0.2, 0.25) is 5.91 Å². The molecule has 1 fully saturated rings. The summed E-state index contributed by atoms with van der Waals surface area (Å²) in [6.45, 7) is 1.44. The molecule has 2 rings (SSSR count). The number of amides is 2. The maximum atomic E-state index is 13.6. The van der Waals surface area contributed by atoms with Crippen LogP contribution in [0.25, 0.3) is 0 Å². The Morgan fingerprint density at radius 1 is 1.35 bits per heavy atom. The monoisotopic (exact) mass is 296 g/mol. The highest BCUT2D eigenvalue weighted by Crippen LogP contribution is 2.15. The van der Waals surface area contributed by atoms with E-state index in [1.54, 1.807) is 4.90 Å². The van der Waals surface area contributed by atoms with Gasteiger partial charge in [-0.25, -0.2) is 4.39 Å². The molecule has 0 atom stereocenters. The van der Waals surface area contributed by atoms with E-state index in [0.29, 0.717) is 4.90 Å². The van der Waals surface area contributed by atoms with Crippen molar-refractivity contribution in [3.05, 3.63) is 29.6 Å². The summed E-state index contributed by atoms with van der Waals surface area (Å²) in [6, 6.07) is 4.05. The largest absolute Gasteiger partial charge is 0.341 e. The second kappa shape index (κ2) is 6.26. The van der Waals surface area contributed by atoms with Crippen LogP contribution in [-0.4, -0.2) is 48.3 Å². The molecule has 6 heteroatoms. The average molecular weight is 296 g/mol. The number of nitrogens with zero attached hydrogens (tertiary/aromatic N) is 2. The fourth-order valence-corrected chi connectivity index (χ4v) is 2.43. The van der Waals surface area contributed by atoms with Gasteiger partial charge in [-0.05, 0) is 31.0 Å².